The van der Waals surface area contributed by atoms with Crippen molar-refractivity contribution in [2.75, 3.05) is 12.8 Å². The molecule has 0 aliphatic heterocycles. The van der Waals surface area contributed by atoms with Gasteiger partial charge in [-0.15, -0.1) is 0 Å². The average Bonchev–Trinajstić information content (AvgIpc) is 1.94. The van der Waals surface area contributed by atoms with Crippen LogP contribution in [0.2, 0.25) is 0 Å². The standard InChI is InChI=1S/C7H14NO5P.2Na/c1-5(9)8-6(7(10)11)3-4-14(2,12)13;;/h6H,3-4H2,1-2H3,(H,8,9)(H,10,11)(H,12,13);;/q;2*+1/p-2. The maximum atomic E-state index is 10.7. The molecule has 0 heterocycles. The van der Waals surface area contributed by atoms with Crippen LogP contribution in [-0.2, 0) is 14.2 Å². The van der Waals surface area contributed by atoms with E-state index in [1.807, 2.05) is 0 Å². The first-order valence-electron chi connectivity index (χ1n) is 3.98. The molecule has 0 spiro atoms. The number of hydrogen-bond donors (Lipinski definition) is 1. The van der Waals surface area contributed by atoms with Crippen molar-refractivity contribution >= 4 is 19.2 Å². The Bertz CT molecular complexity index is 280. The van der Waals surface area contributed by atoms with Crippen molar-refractivity contribution < 1.29 is 83.3 Å². The predicted octanol–water partition coefficient (Wildman–Crippen LogP) is -8.09. The van der Waals surface area contributed by atoms with Gasteiger partial charge in [0.2, 0.25) is 5.91 Å². The second-order valence-electron chi connectivity index (χ2n) is 3.10. The number of aliphatic carboxylic acids is 1. The zero-order chi connectivity index (χ0) is 11.4. The third-order valence-corrected chi connectivity index (χ3v) is 2.56. The third kappa shape index (κ3) is 13.2. The van der Waals surface area contributed by atoms with E-state index in [-0.39, 0.29) is 71.7 Å². The minimum Gasteiger partial charge on any atom is -0.799 e. The van der Waals surface area contributed by atoms with Gasteiger partial charge in [0.25, 0.3) is 0 Å². The molecular formula is C7H12NNa2O5P. The molecule has 6 nitrogen and oxygen atoms in total. The minimum atomic E-state index is -3.50. The van der Waals surface area contributed by atoms with Crippen LogP contribution in [-0.4, -0.2) is 30.7 Å². The molecular weight excluding hydrogens is 255 g/mol. The molecule has 0 radical (unpaired) electrons. The Labute approximate surface area is 139 Å². The average molecular weight is 267 g/mol. The van der Waals surface area contributed by atoms with E-state index >= 15 is 0 Å². The topological polar surface area (TPSA) is 109 Å². The second kappa shape index (κ2) is 10.1. The zero-order valence-electron chi connectivity index (χ0n) is 9.98. The largest absolute Gasteiger partial charge is 1.00 e. The molecule has 1 amide bonds. The Morgan fingerprint density at radius 2 is 1.81 bits per heavy atom. The van der Waals surface area contributed by atoms with Gasteiger partial charge < -0.3 is 24.7 Å². The van der Waals surface area contributed by atoms with E-state index < -0.39 is 25.3 Å². The van der Waals surface area contributed by atoms with Gasteiger partial charge in [0.05, 0.1) is 12.0 Å². The van der Waals surface area contributed by atoms with Gasteiger partial charge >= 0.3 is 59.1 Å². The van der Waals surface area contributed by atoms with E-state index in [1.165, 1.54) is 0 Å². The summed E-state index contributed by atoms with van der Waals surface area (Å²) in [6.45, 7) is 2.17. The van der Waals surface area contributed by atoms with Gasteiger partial charge in [-0.25, -0.2) is 0 Å². The first-order valence-corrected chi connectivity index (χ1v) is 6.23. The first-order chi connectivity index (χ1) is 6.22. The molecule has 0 saturated carbocycles. The summed E-state index contributed by atoms with van der Waals surface area (Å²) < 4.78 is 10.7. The van der Waals surface area contributed by atoms with Gasteiger partial charge in [-0.2, -0.15) is 0 Å². The fourth-order valence-electron chi connectivity index (χ4n) is 0.858. The Morgan fingerprint density at radius 3 is 2.06 bits per heavy atom. The molecule has 0 fully saturated rings. The Morgan fingerprint density at radius 1 is 1.38 bits per heavy atom. The Kier molecular flexibility index (Phi) is 14.1. The minimum absolute atomic E-state index is 0. The molecule has 0 rings (SSSR count). The van der Waals surface area contributed by atoms with Crippen LogP contribution in [0.3, 0.4) is 0 Å². The van der Waals surface area contributed by atoms with Crippen molar-refractivity contribution in [1.29, 1.82) is 0 Å². The fraction of sp³-hybridized carbons (Fsp3) is 0.714. The van der Waals surface area contributed by atoms with Gasteiger partial charge in [-0.05, 0) is 19.2 Å². The fourth-order valence-corrected chi connectivity index (χ4v) is 1.59. The van der Waals surface area contributed by atoms with Gasteiger partial charge in [0.1, 0.15) is 0 Å². The van der Waals surface area contributed by atoms with Crippen LogP contribution in [0.4, 0.5) is 0 Å². The number of rotatable bonds is 5. The van der Waals surface area contributed by atoms with Crippen molar-refractivity contribution in [1.82, 2.24) is 5.32 Å². The Hall–Kier alpha value is 1.13. The van der Waals surface area contributed by atoms with Gasteiger partial charge in [0.15, 0.2) is 0 Å². The molecule has 1 N–H and O–H groups in total. The normalized spacial score (nSPS) is 14.7. The van der Waals surface area contributed by atoms with Gasteiger partial charge in [-0.1, -0.05) is 0 Å². The van der Waals surface area contributed by atoms with E-state index in [0.717, 1.165) is 13.6 Å². The van der Waals surface area contributed by atoms with Crippen LogP contribution in [0.5, 0.6) is 0 Å². The quantitative estimate of drug-likeness (QED) is 0.393. The van der Waals surface area contributed by atoms with Gasteiger partial charge in [0, 0.05) is 14.3 Å². The molecule has 0 aliphatic rings. The maximum absolute atomic E-state index is 10.7. The second-order valence-corrected chi connectivity index (χ2v) is 5.57. The third-order valence-electron chi connectivity index (χ3n) is 1.49. The molecule has 0 aliphatic carbocycles. The van der Waals surface area contributed by atoms with Crippen molar-refractivity contribution in [3.05, 3.63) is 0 Å². The van der Waals surface area contributed by atoms with E-state index in [4.69, 9.17) is 0 Å². The van der Waals surface area contributed by atoms with Crippen LogP contribution in [0.15, 0.2) is 0 Å². The van der Waals surface area contributed by atoms with E-state index in [9.17, 15) is 24.2 Å². The molecule has 9 heteroatoms. The summed E-state index contributed by atoms with van der Waals surface area (Å²) in [5, 5.41) is 12.5. The molecule has 2 atom stereocenters. The molecule has 82 valence electrons. The summed E-state index contributed by atoms with van der Waals surface area (Å²) >= 11 is 0. The maximum Gasteiger partial charge on any atom is 1.00 e. The smallest absolute Gasteiger partial charge is 0.799 e. The van der Waals surface area contributed by atoms with Crippen LogP contribution in [0.25, 0.3) is 0 Å². The molecule has 16 heavy (non-hydrogen) atoms. The SMILES string of the molecule is CC(=O)NC(CCP(C)(=O)[O-])C(=O)[O-].[Na+].[Na+]. The summed E-state index contributed by atoms with van der Waals surface area (Å²) in [6.07, 6.45) is -0.439. The monoisotopic (exact) mass is 267 g/mol. The number of amides is 1. The molecule has 0 aromatic heterocycles. The van der Waals surface area contributed by atoms with Crippen LogP contribution >= 0.6 is 7.37 Å². The molecule has 0 aromatic carbocycles. The van der Waals surface area contributed by atoms with Crippen LogP contribution in [0.1, 0.15) is 13.3 Å². The summed E-state index contributed by atoms with van der Waals surface area (Å²) in [5.41, 5.74) is 0. The molecule has 0 aromatic rings. The van der Waals surface area contributed by atoms with Crippen molar-refractivity contribution in [3.63, 3.8) is 0 Å². The predicted molar refractivity (Wildman–Crippen MR) is 45.6 cm³/mol. The van der Waals surface area contributed by atoms with Crippen molar-refractivity contribution in [3.8, 4) is 0 Å². The number of carbonyl (C=O) groups excluding carboxylic acids is 2. The number of carboxylic acid groups (broad SMARTS) is 1. The van der Waals surface area contributed by atoms with E-state index in [2.05, 4.69) is 5.32 Å². The zero-order valence-corrected chi connectivity index (χ0v) is 14.9. The first kappa shape index (κ1) is 22.3. The number of carbonyl (C=O) groups is 2. The van der Waals surface area contributed by atoms with Crippen molar-refractivity contribution in [2.24, 2.45) is 0 Å². The number of nitrogens with one attached hydrogen (secondary N) is 1. The van der Waals surface area contributed by atoms with E-state index in [0.29, 0.717) is 0 Å². The summed E-state index contributed by atoms with van der Waals surface area (Å²) in [4.78, 5) is 31.7. The van der Waals surface area contributed by atoms with Gasteiger partial charge in [-0.3, -0.25) is 4.79 Å². The van der Waals surface area contributed by atoms with Crippen LogP contribution in [0, 0.1) is 0 Å². The van der Waals surface area contributed by atoms with Crippen molar-refractivity contribution in [2.45, 2.75) is 19.4 Å². The number of hydrogen-bond acceptors (Lipinski definition) is 5. The number of carboxylic acids is 1. The van der Waals surface area contributed by atoms with E-state index in [1.54, 1.807) is 0 Å². The summed E-state index contributed by atoms with van der Waals surface area (Å²) in [6, 6.07) is -1.24. The molecule has 0 saturated heterocycles. The van der Waals surface area contributed by atoms with Crippen LogP contribution < -0.4 is 74.4 Å². The molecule has 0 bridgehead atoms. The Balaban J connectivity index is -0.000000845. The summed E-state index contributed by atoms with van der Waals surface area (Å²) in [7, 11) is -3.50. The summed E-state index contributed by atoms with van der Waals surface area (Å²) in [5.74, 6) is -2.01. The molecule has 2 unspecified atom stereocenters.